The Morgan fingerprint density at radius 3 is 1.28 bits per heavy atom. The molecule has 53 heavy (non-hydrogen) atoms. The number of nitrogens with zero attached hydrogens (tertiary/aromatic N) is 1. The Hall–Kier alpha value is -1.03. The predicted molar refractivity (Wildman–Crippen MR) is 216 cm³/mol. The van der Waals surface area contributed by atoms with Crippen molar-refractivity contribution in [3.63, 3.8) is 0 Å². The molecule has 2 atom stereocenters. The zero-order valence-electron chi connectivity index (χ0n) is 35.0. The molecule has 10 nitrogen and oxygen atoms in total. The van der Waals surface area contributed by atoms with Crippen molar-refractivity contribution >= 4 is 19.8 Å². The topological polar surface area (TPSA) is 129 Å². The van der Waals surface area contributed by atoms with Gasteiger partial charge in [-0.25, -0.2) is 4.57 Å². The number of hydrogen-bond donors (Lipinski definition) is 2. The molecule has 0 aromatic rings. The molecule has 0 bridgehead atoms. The van der Waals surface area contributed by atoms with Crippen molar-refractivity contribution in [3.05, 3.63) is 0 Å². The van der Waals surface area contributed by atoms with E-state index < -0.39 is 26.5 Å². The second-order valence-corrected chi connectivity index (χ2v) is 17.3. The Morgan fingerprint density at radius 1 is 0.547 bits per heavy atom. The Morgan fingerprint density at radius 2 is 0.906 bits per heavy atom. The third kappa shape index (κ3) is 37.7. The molecule has 0 saturated carbocycles. The van der Waals surface area contributed by atoms with Crippen LogP contribution in [0.1, 0.15) is 206 Å². The summed E-state index contributed by atoms with van der Waals surface area (Å²) in [5.41, 5.74) is 0. The average molecular weight is 779 g/mol. The number of likely N-dealkylation sites (N-methyl/N-ethyl adjacent to an activating group) is 1. The summed E-state index contributed by atoms with van der Waals surface area (Å²) in [6, 6.07) is 0. The number of rotatable bonds is 41. The number of unbranched alkanes of at least 4 members (excludes halogenated alkanes) is 26. The lowest BCUT2D eigenvalue weighted by Crippen LogP contribution is -2.42. The summed E-state index contributed by atoms with van der Waals surface area (Å²) in [7, 11) is -0.941. The van der Waals surface area contributed by atoms with Gasteiger partial charge in [0.2, 0.25) is 0 Å². The van der Waals surface area contributed by atoms with Crippen LogP contribution in [0.4, 0.5) is 0 Å². The zero-order valence-corrected chi connectivity index (χ0v) is 35.9. The van der Waals surface area contributed by atoms with E-state index in [1.165, 1.54) is 135 Å². The highest BCUT2D eigenvalue weighted by atomic mass is 31.2. The molecule has 0 heterocycles. The van der Waals surface area contributed by atoms with Crippen LogP contribution in [-0.2, 0) is 32.7 Å². The van der Waals surface area contributed by atoms with Crippen LogP contribution < -0.4 is 0 Å². The Balaban J connectivity index is 4.39. The van der Waals surface area contributed by atoms with E-state index in [-0.39, 0.29) is 43.2 Å². The van der Waals surface area contributed by atoms with E-state index in [1.54, 1.807) is 14.1 Å². The zero-order chi connectivity index (χ0) is 39.3. The summed E-state index contributed by atoms with van der Waals surface area (Å²) in [6.07, 6.45) is 33.9. The monoisotopic (exact) mass is 779 g/mol. The highest BCUT2D eigenvalue weighted by Crippen LogP contribution is 2.43. The summed E-state index contributed by atoms with van der Waals surface area (Å²) in [4.78, 5) is 35.3. The van der Waals surface area contributed by atoms with Crippen LogP contribution in [0.3, 0.4) is 0 Å². The number of carbonyl (C=O) groups is 2. The maximum atomic E-state index is 12.7. The van der Waals surface area contributed by atoms with Gasteiger partial charge >= 0.3 is 19.8 Å². The van der Waals surface area contributed by atoms with E-state index in [9.17, 15) is 24.2 Å². The first kappa shape index (κ1) is 52.0. The van der Waals surface area contributed by atoms with Crippen LogP contribution in [0.15, 0.2) is 0 Å². The van der Waals surface area contributed by atoms with Crippen LogP contribution in [-0.4, -0.2) is 79.7 Å². The average Bonchev–Trinajstić information content (AvgIpc) is 3.12. The fourth-order valence-corrected chi connectivity index (χ4v) is 6.98. The fraction of sp³-hybridized carbons (Fsp3) is 0.952. The molecule has 0 fully saturated rings. The minimum atomic E-state index is -4.45. The molecular weight excluding hydrogens is 693 g/mol. The van der Waals surface area contributed by atoms with Gasteiger partial charge in [-0.1, -0.05) is 181 Å². The van der Waals surface area contributed by atoms with E-state index in [0.29, 0.717) is 13.0 Å². The van der Waals surface area contributed by atoms with Crippen molar-refractivity contribution < 1.29 is 47.2 Å². The van der Waals surface area contributed by atoms with Crippen molar-refractivity contribution in [2.24, 2.45) is 0 Å². The van der Waals surface area contributed by atoms with Crippen LogP contribution in [0.2, 0.25) is 0 Å². The minimum absolute atomic E-state index is 0.112. The number of phosphoric acid groups is 1. The molecule has 0 saturated heterocycles. The number of esters is 2. The first-order valence-corrected chi connectivity index (χ1v) is 23.4. The molecule has 0 aromatic heterocycles. The smallest absolute Gasteiger partial charge is 0.462 e. The van der Waals surface area contributed by atoms with Gasteiger partial charge in [0, 0.05) is 12.8 Å². The molecule has 0 aliphatic carbocycles. The lowest BCUT2D eigenvalue weighted by atomic mass is 10.0. The molecule has 0 rings (SSSR count). The first-order chi connectivity index (χ1) is 25.5. The van der Waals surface area contributed by atoms with E-state index in [2.05, 4.69) is 13.8 Å². The van der Waals surface area contributed by atoms with Gasteiger partial charge in [-0.15, -0.1) is 0 Å². The SMILES string of the molecule is CCCCCCCCCCCCCCCCCC(=O)O[C@@H](COC(=O)CCCCCCCCCCCCCCC)COP(=O)(O)OCC[N+](C)(C)CO. The number of phosphoric ester groups is 1. The van der Waals surface area contributed by atoms with Crippen molar-refractivity contribution in [2.75, 3.05) is 47.2 Å². The van der Waals surface area contributed by atoms with Gasteiger partial charge in [-0.2, -0.15) is 0 Å². The molecule has 316 valence electrons. The number of ether oxygens (including phenoxy) is 2. The molecule has 0 aliphatic heterocycles. The normalized spacial score (nSPS) is 13.5. The van der Waals surface area contributed by atoms with E-state index in [4.69, 9.17) is 18.5 Å². The maximum Gasteiger partial charge on any atom is 0.472 e. The fourth-order valence-electron chi connectivity index (χ4n) is 6.24. The number of carbonyl (C=O) groups excluding carboxylic acids is 2. The van der Waals surface area contributed by atoms with Gasteiger partial charge < -0.3 is 24.0 Å². The van der Waals surface area contributed by atoms with E-state index in [0.717, 1.165) is 38.5 Å². The number of hydrogen-bond acceptors (Lipinski definition) is 8. The summed E-state index contributed by atoms with van der Waals surface area (Å²) >= 11 is 0. The van der Waals surface area contributed by atoms with Crippen molar-refractivity contribution in [2.45, 2.75) is 213 Å². The molecule has 0 aromatic carbocycles. The third-order valence-corrected chi connectivity index (χ3v) is 10.9. The molecule has 0 radical (unpaired) electrons. The van der Waals surface area contributed by atoms with Crippen molar-refractivity contribution in [1.29, 1.82) is 0 Å². The molecule has 1 unspecified atom stereocenters. The second-order valence-electron chi connectivity index (χ2n) is 15.9. The molecule has 0 aliphatic rings. The molecule has 0 spiro atoms. The summed E-state index contributed by atoms with van der Waals surface area (Å²) in [6.45, 7) is 3.84. The lowest BCUT2D eigenvalue weighted by molar-refractivity contribution is -0.908. The minimum Gasteiger partial charge on any atom is -0.462 e. The van der Waals surface area contributed by atoms with Crippen LogP contribution in [0.5, 0.6) is 0 Å². The number of aliphatic hydroxyl groups excluding tert-OH is 1. The molecule has 0 amide bonds. The lowest BCUT2D eigenvalue weighted by Gasteiger charge is -2.27. The second kappa shape index (κ2) is 36.6. The van der Waals surface area contributed by atoms with Crippen LogP contribution >= 0.6 is 7.82 Å². The molecule has 2 N–H and O–H groups in total. The van der Waals surface area contributed by atoms with Gasteiger partial charge in [0.15, 0.2) is 12.8 Å². The maximum absolute atomic E-state index is 12.7. The Bertz CT molecular complexity index is 889. The van der Waals surface area contributed by atoms with E-state index in [1.807, 2.05) is 0 Å². The van der Waals surface area contributed by atoms with Gasteiger partial charge in [0.05, 0.1) is 20.7 Å². The molecule has 11 heteroatoms. The number of aliphatic hydroxyl groups is 1. The van der Waals surface area contributed by atoms with Crippen molar-refractivity contribution in [1.82, 2.24) is 0 Å². The van der Waals surface area contributed by atoms with Crippen molar-refractivity contribution in [3.8, 4) is 0 Å². The molecular formula is C42H85NO9P+. The third-order valence-electron chi connectivity index (χ3n) is 9.95. The highest BCUT2D eigenvalue weighted by Gasteiger charge is 2.27. The van der Waals surface area contributed by atoms with Gasteiger partial charge in [0.1, 0.15) is 19.8 Å². The quantitative estimate of drug-likeness (QED) is 0.0205. The summed E-state index contributed by atoms with van der Waals surface area (Å²) < 4.78 is 33.8. The van der Waals surface area contributed by atoms with Crippen LogP contribution in [0, 0.1) is 0 Å². The van der Waals surface area contributed by atoms with Gasteiger partial charge in [0.25, 0.3) is 0 Å². The highest BCUT2D eigenvalue weighted by molar-refractivity contribution is 7.47. The van der Waals surface area contributed by atoms with E-state index >= 15 is 0 Å². The first-order valence-electron chi connectivity index (χ1n) is 21.9. The Labute approximate surface area is 326 Å². The van der Waals surface area contributed by atoms with Gasteiger partial charge in [-0.3, -0.25) is 18.6 Å². The summed E-state index contributed by atoms with van der Waals surface area (Å²) in [5, 5.41) is 9.39. The van der Waals surface area contributed by atoms with Crippen LogP contribution in [0.25, 0.3) is 0 Å². The standard InChI is InChI=1S/C42H84NO9P/c1-5-7-9-11-13-15-17-19-20-22-24-26-28-30-32-34-42(46)52-40(38-51-53(47,48)50-36-35-43(3,4)39-44)37-49-41(45)33-31-29-27-25-23-21-18-16-14-12-10-8-6-2/h40,44H,5-39H2,1-4H3/p+1/t40-/m0/s1. The largest absolute Gasteiger partial charge is 0.472 e. The Kier molecular flexibility index (Phi) is 35.9. The number of quaternary nitrogens is 1. The predicted octanol–water partition coefficient (Wildman–Crippen LogP) is 11.3. The summed E-state index contributed by atoms with van der Waals surface area (Å²) in [5.74, 6) is -0.833. The van der Waals surface area contributed by atoms with Gasteiger partial charge in [-0.05, 0) is 12.8 Å².